The number of hydrogen-bond donors (Lipinski definition) is 3. The van der Waals surface area contributed by atoms with E-state index in [1.807, 2.05) is 4.90 Å². The van der Waals surface area contributed by atoms with Gasteiger partial charge in [-0.05, 0) is 19.4 Å². The number of carboxylic acids is 1. The summed E-state index contributed by atoms with van der Waals surface area (Å²) in [5.41, 5.74) is 6.00. The van der Waals surface area contributed by atoms with E-state index in [4.69, 9.17) is 10.8 Å². The fraction of sp³-hybridized carbons (Fsp3) is 0.500. The molecule has 18 heavy (non-hydrogen) atoms. The minimum Gasteiger partial charge on any atom is -0.478 e. The monoisotopic (exact) mass is 251 g/mol. The highest BCUT2D eigenvalue weighted by Crippen LogP contribution is 2.27. The fourth-order valence-electron chi connectivity index (χ4n) is 2.26. The minimum atomic E-state index is -1.04. The van der Waals surface area contributed by atoms with Gasteiger partial charge in [-0.3, -0.25) is 0 Å². The first-order valence-electron chi connectivity index (χ1n) is 5.91. The molecule has 0 amide bonds. The second-order valence-electron chi connectivity index (χ2n) is 4.68. The highest BCUT2D eigenvalue weighted by Gasteiger charge is 2.29. The lowest BCUT2D eigenvalue weighted by atomic mass is 10.0. The minimum absolute atomic E-state index is 0.112. The van der Waals surface area contributed by atoms with Crippen LogP contribution in [0.5, 0.6) is 0 Å². The van der Waals surface area contributed by atoms with Crippen LogP contribution in [0.3, 0.4) is 0 Å². The van der Waals surface area contributed by atoms with Gasteiger partial charge >= 0.3 is 5.97 Å². The number of nitrogens with zero attached hydrogens (tertiary/aromatic N) is 2. The second-order valence-corrected chi connectivity index (χ2v) is 4.68. The summed E-state index contributed by atoms with van der Waals surface area (Å²) in [5.74, 6) is -0.448. The van der Waals surface area contributed by atoms with Crippen LogP contribution in [0.1, 0.15) is 23.7 Å². The Morgan fingerprint density at radius 1 is 1.67 bits per heavy atom. The molecule has 1 aliphatic rings. The number of carbonyl (C=O) groups is 1. The van der Waals surface area contributed by atoms with E-state index >= 15 is 0 Å². The zero-order chi connectivity index (χ0) is 13.3. The van der Waals surface area contributed by atoms with E-state index in [2.05, 4.69) is 4.98 Å². The first-order chi connectivity index (χ1) is 8.49. The standard InChI is InChI=1S/C12H17N3O3/c1-7(16)8-2-3-15(6-8)11-10(12(17)18)4-9(13)5-14-11/h4-5,7-8,16H,2-3,6,13H2,1H3,(H,17,18). The smallest absolute Gasteiger partial charge is 0.339 e. The third kappa shape index (κ3) is 2.38. The summed E-state index contributed by atoms with van der Waals surface area (Å²) in [6.45, 7) is 3.07. The largest absolute Gasteiger partial charge is 0.478 e. The Kier molecular flexibility index (Phi) is 3.38. The summed E-state index contributed by atoms with van der Waals surface area (Å²) in [7, 11) is 0. The Hall–Kier alpha value is -1.82. The van der Waals surface area contributed by atoms with Crippen LogP contribution in [0.25, 0.3) is 0 Å². The highest BCUT2D eigenvalue weighted by molar-refractivity contribution is 5.94. The lowest BCUT2D eigenvalue weighted by molar-refractivity contribution is 0.0697. The molecule has 2 rings (SSSR count). The molecule has 6 nitrogen and oxygen atoms in total. The molecule has 0 bridgehead atoms. The number of nitrogens with two attached hydrogens (primary N) is 1. The molecule has 2 heterocycles. The summed E-state index contributed by atoms with van der Waals surface area (Å²) >= 11 is 0. The molecule has 1 fully saturated rings. The summed E-state index contributed by atoms with van der Waals surface area (Å²) < 4.78 is 0. The molecule has 2 unspecified atom stereocenters. The predicted octanol–water partition coefficient (Wildman–Crippen LogP) is 0.569. The van der Waals surface area contributed by atoms with Crippen LogP contribution in [0.15, 0.2) is 12.3 Å². The normalized spacial score (nSPS) is 21.0. The number of rotatable bonds is 3. The number of anilines is 2. The Morgan fingerprint density at radius 3 is 2.94 bits per heavy atom. The number of carboxylic acid groups (broad SMARTS) is 1. The van der Waals surface area contributed by atoms with Crippen LogP contribution < -0.4 is 10.6 Å². The SMILES string of the molecule is CC(O)C1CCN(c2ncc(N)cc2C(=O)O)C1. The lowest BCUT2D eigenvalue weighted by Gasteiger charge is -2.20. The van der Waals surface area contributed by atoms with Gasteiger partial charge in [0, 0.05) is 19.0 Å². The number of aromatic carboxylic acids is 1. The van der Waals surface area contributed by atoms with Crippen LogP contribution in [0.4, 0.5) is 11.5 Å². The van der Waals surface area contributed by atoms with Gasteiger partial charge in [-0.2, -0.15) is 0 Å². The van der Waals surface area contributed by atoms with Gasteiger partial charge in [-0.15, -0.1) is 0 Å². The maximum absolute atomic E-state index is 11.2. The summed E-state index contributed by atoms with van der Waals surface area (Å²) in [4.78, 5) is 17.2. The molecule has 0 aromatic carbocycles. The van der Waals surface area contributed by atoms with E-state index in [0.29, 0.717) is 24.6 Å². The Labute approximate surface area is 105 Å². The Morgan fingerprint density at radius 2 is 2.39 bits per heavy atom. The van der Waals surface area contributed by atoms with E-state index in [1.54, 1.807) is 6.92 Å². The van der Waals surface area contributed by atoms with Crippen molar-refractivity contribution in [3.63, 3.8) is 0 Å². The van der Waals surface area contributed by atoms with Crippen molar-refractivity contribution < 1.29 is 15.0 Å². The molecule has 1 saturated heterocycles. The fourth-order valence-corrected chi connectivity index (χ4v) is 2.26. The van der Waals surface area contributed by atoms with Gasteiger partial charge in [0.1, 0.15) is 11.4 Å². The van der Waals surface area contributed by atoms with Crippen LogP contribution >= 0.6 is 0 Å². The van der Waals surface area contributed by atoms with Crippen molar-refractivity contribution in [2.75, 3.05) is 23.7 Å². The van der Waals surface area contributed by atoms with Gasteiger partial charge in [0.2, 0.25) is 0 Å². The molecule has 1 aliphatic heterocycles. The van der Waals surface area contributed by atoms with Crippen molar-refractivity contribution in [2.24, 2.45) is 5.92 Å². The molecular weight excluding hydrogens is 234 g/mol. The number of pyridine rings is 1. The average Bonchev–Trinajstić information content (AvgIpc) is 2.78. The van der Waals surface area contributed by atoms with E-state index < -0.39 is 12.1 Å². The molecule has 0 spiro atoms. The summed E-state index contributed by atoms with van der Waals surface area (Å²) in [5, 5.41) is 18.7. The summed E-state index contributed by atoms with van der Waals surface area (Å²) in [6.07, 6.45) is 1.90. The molecule has 0 radical (unpaired) electrons. The Balaban J connectivity index is 2.27. The van der Waals surface area contributed by atoms with Crippen molar-refractivity contribution in [3.05, 3.63) is 17.8 Å². The van der Waals surface area contributed by atoms with E-state index in [1.165, 1.54) is 12.3 Å². The van der Waals surface area contributed by atoms with Crippen molar-refractivity contribution >= 4 is 17.5 Å². The molecule has 0 aliphatic carbocycles. The van der Waals surface area contributed by atoms with Crippen molar-refractivity contribution in [2.45, 2.75) is 19.4 Å². The maximum atomic E-state index is 11.2. The average molecular weight is 251 g/mol. The van der Waals surface area contributed by atoms with Crippen LogP contribution in [0.2, 0.25) is 0 Å². The van der Waals surface area contributed by atoms with E-state index in [0.717, 1.165) is 6.42 Å². The molecular formula is C12H17N3O3. The first kappa shape index (κ1) is 12.6. The molecule has 0 saturated carbocycles. The highest BCUT2D eigenvalue weighted by atomic mass is 16.4. The van der Waals surface area contributed by atoms with Crippen molar-refractivity contribution in [3.8, 4) is 0 Å². The zero-order valence-corrected chi connectivity index (χ0v) is 10.2. The number of aliphatic hydroxyl groups excluding tert-OH is 1. The number of nitrogen functional groups attached to an aromatic ring is 1. The van der Waals surface area contributed by atoms with E-state index in [9.17, 15) is 9.90 Å². The molecule has 1 aromatic heterocycles. The van der Waals surface area contributed by atoms with Gasteiger partial charge in [0.25, 0.3) is 0 Å². The van der Waals surface area contributed by atoms with Gasteiger partial charge in [0.15, 0.2) is 0 Å². The van der Waals surface area contributed by atoms with Crippen LogP contribution in [0, 0.1) is 5.92 Å². The number of aromatic nitrogens is 1. The first-order valence-corrected chi connectivity index (χ1v) is 5.91. The van der Waals surface area contributed by atoms with Gasteiger partial charge in [0.05, 0.1) is 18.0 Å². The molecule has 2 atom stereocenters. The zero-order valence-electron chi connectivity index (χ0n) is 10.2. The lowest BCUT2D eigenvalue weighted by Crippen LogP contribution is -2.26. The third-order valence-electron chi connectivity index (χ3n) is 3.32. The van der Waals surface area contributed by atoms with Crippen LogP contribution in [-0.4, -0.2) is 40.4 Å². The van der Waals surface area contributed by atoms with Crippen molar-refractivity contribution in [1.29, 1.82) is 0 Å². The number of hydrogen-bond acceptors (Lipinski definition) is 5. The van der Waals surface area contributed by atoms with Gasteiger partial charge in [-0.1, -0.05) is 0 Å². The molecule has 4 N–H and O–H groups in total. The Bertz CT molecular complexity index is 462. The topological polar surface area (TPSA) is 99.7 Å². The number of aliphatic hydroxyl groups is 1. The second kappa shape index (κ2) is 4.81. The van der Waals surface area contributed by atoms with Gasteiger partial charge in [-0.25, -0.2) is 9.78 Å². The molecule has 6 heteroatoms. The van der Waals surface area contributed by atoms with Crippen molar-refractivity contribution in [1.82, 2.24) is 4.98 Å². The third-order valence-corrected chi connectivity index (χ3v) is 3.32. The van der Waals surface area contributed by atoms with Crippen LogP contribution in [-0.2, 0) is 0 Å². The predicted molar refractivity (Wildman–Crippen MR) is 67.6 cm³/mol. The van der Waals surface area contributed by atoms with Gasteiger partial charge < -0.3 is 20.8 Å². The maximum Gasteiger partial charge on any atom is 0.339 e. The quantitative estimate of drug-likeness (QED) is 0.726. The van der Waals surface area contributed by atoms with E-state index in [-0.39, 0.29) is 11.5 Å². The summed E-state index contributed by atoms with van der Waals surface area (Å²) in [6, 6.07) is 1.42. The molecule has 1 aromatic rings. The molecule has 98 valence electrons.